The van der Waals surface area contributed by atoms with Crippen molar-refractivity contribution >= 4 is 12.0 Å². The van der Waals surface area contributed by atoms with E-state index in [1.807, 2.05) is 24.3 Å². The van der Waals surface area contributed by atoms with E-state index in [9.17, 15) is 4.79 Å². The number of carbonyl (C=O) groups excluding carboxylic acids is 1. The fraction of sp³-hybridized carbons (Fsp3) is 0.400. The van der Waals surface area contributed by atoms with Crippen LogP contribution in [0.2, 0.25) is 0 Å². The third-order valence-electron chi connectivity index (χ3n) is 2.45. The Morgan fingerprint density at radius 2 is 1.94 bits per heavy atom. The Morgan fingerprint density at radius 1 is 1.29 bits per heavy atom. The van der Waals surface area contributed by atoms with Gasteiger partial charge in [-0.3, -0.25) is 4.79 Å². The van der Waals surface area contributed by atoms with Crippen LogP contribution in [0.4, 0.5) is 0 Å². The van der Waals surface area contributed by atoms with Gasteiger partial charge in [-0.05, 0) is 22.6 Å². The fourth-order valence-corrected chi connectivity index (χ4v) is 1.67. The van der Waals surface area contributed by atoms with Gasteiger partial charge >= 0.3 is 5.97 Å². The lowest BCUT2D eigenvalue weighted by Crippen LogP contribution is -2.12. The van der Waals surface area contributed by atoms with Gasteiger partial charge in [-0.2, -0.15) is 0 Å². The average Bonchev–Trinajstić information content (AvgIpc) is 2.23. The zero-order chi connectivity index (χ0) is 12.9. The van der Waals surface area contributed by atoms with Crippen LogP contribution < -0.4 is 0 Å². The molecule has 0 heterocycles. The van der Waals surface area contributed by atoms with Crippen LogP contribution in [0.3, 0.4) is 0 Å². The van der Waals surface area contributed by atoms with Gasteiger partial charge in [0.15, 0.2) is 0 Å². The molecule has 0 unspecified atom stereocenters. The molecule has 0 bridgehead atoms. The summed E-state index contributed by atoms with van der Waals surface area (Å²) < 4.78 is 4.86. The van der Waals surface area contributed by atoms with Gasteiger partial charge in [0.05, 0.1) is 0 Å². The summed E-state index contributed by atoms with van der Waals surface area (Å²) in [7, 11) is 0. The smallest absolute Gasteiger partial charge is 0.302 e. The summed E-state index contributed by atoms with van der Waals surface area (Å²) in [6, 6.07) is 8.26. The van der Waals surface area contributed by atoms with E-state index in [-0.39, 0.29) is 11.4 Å². The lowest BCUT2D eigenvalue weighted by molar-refractivity contribution is -0.139. The predicted octanol–water partition coefficient (Wildman–Crippen LogP) is 3.56. The van der Waals surface area contributed by atoms with Crippen LogP contribution in [0.15, 0.2) is 30.3 Å². The lowest BCUT2D eigenvalue weighted by atomic mass is 9.84. The molecule has 0 radical (unpaired) electrons. The van der Waals surface area contributed by atoms with Crippen LogP contribution in [0, 0.1) is 0 Å². The van der Waals surface area contributed by atoms with Crippen LogP contribution in [0.1, 0.15) is 38.8 Å². The molecule has 0 spiro atoms. The number of rotatable bonds is 3. The number of esters is 1. The molecule has 92 valence electrons. The van der Waals surface area contributed by atoms with Gasteiger partial charge in [0.2, 0.25) is 0 Å². The summed E-state index contributed by atoms with van der Waals surface area (Å²) in [6.07, 6.45) is 3.87. The maximum absolute atomic E-state index is 10.6. The van der Waals surface area contributed by atoms with Crippen molar-refractivity contribution in [3.63, 3.8) is 0 Å². The molecule has 1 aromatic rings. The van der Waals surface area contributed by atoms with E-state index >= 15 is 0 Å². The van der Waals surface area contributed by atoms with Crippen molar-refractivity contribution in [2.75, 3.05) is 6.61 Å². The molecule has 0 aromatic heterocycles. The SMILES string of the molecule is CC(=O)OCC=Cc1ccccc1C(C)(C)C. The van der Waals surface area contributed by atoms with Crippen LogP contribution in [-0.4, -0.2) is 12.6 Å². The average molecular weight is 232 g/mol. The van der Waals surface area contributed by atoms with Gasteiger partial charge < -0.3 is 4.74 Å². The first-order chi connectivity index (χ1) is 7.91. The number of benzene rings is 1. The van der Waals surface area contributed by atoms with Crippen molar-refractivity contribution in [3.8, 4) is 0 Å². The zero-order valence-corrected chi connectivity index (χ0v) is 11.0. The van der Waals surface area contributed by atoms with E-state index in [0.717, 1.165) is 0 Å². The molecular formula is C15H20O2. The quantitative estimate of drug-likeness (QED) is 0.745. The molecule has 1 rings (SSSR count). The summed E-state index contributed by atoms with van der Waals surface area (Å²) in [4.78, 5) is 10.6. The monoisotopic (exact) mass is 232 g/mol. The van der Waals surface area contributed by atoms with Gasteiger partial charge in [0.1, 0.15) is 6.61 Å². The van der Waals surface area contributed by atoms with Crippen LogP contribution in [-0.2, 0) is 14.9 Å². The first kappa shape index (κ1) is 13.5. The van der Waals surface area contributed by atoms with Gasteiger partial charge in [0.25, 0.3) is 0 Å². The van der Waals surface area contributed by atoms with E-state index in [0.29, 0.717) is 6.61 Å². The molecular weight excluding hydrogens is 212 g/mol. The molecule has 0 fully saturated rings. The van der Waals surface area contributed by atoms with E-state index < -0.39 is 0 Å². The molecule has 17 heavy (non-hydrogen) atoms. The van der Waals surface area contributed by atoms with Crippen molar-refractivity contribution in [1.29, 1.82) is 0 Å². The second kappa shape index (κ2) is 5.67. The minimum absolute atomic E-state index is 0.113. The first-order valence-electron chi connectivity index (χ1n) is 5.80. The molecule has 2 nitrogen and oxygen atoms in total. The van der Waals surface area contributed by atoms with Gasteiger partial charge in [-0.25, -0.2) is 0 Å². The maximum atomic E-state index is 10.6. The lowest BCUT2D eigenvalue weighted by Gasteiger charge is -2.21. The highest BCUT2D eigenvalue weighted by atomic mass is 16.5. The maximum Gasteiger partial charge on any atom is 0.302 e. The van der Waals surface area contributed by atoms with Gasteiger partial charge in [0, 0.05) is 6.92 Å². The van der Waals surface area contributed by atoms with Crippen molar-refractivity contribution in [2.45, 2.75) is 33.1 Å². The van der Waals surface area contributed by atoms with Crippen LogP contribution in [0.5, 0.6) is 0 Å². The van der Waals surface area contributed by atoms with Gasteiger partial charge in [-0.1, -0.05) is 51.1 Å². The standard InChI is InChI=1S/C15H20O2/c1-12(16)17-11-7-9-13-8-5-6-10-14(13)15(2,3)4/h5-10H,11H2,1-4H3. The third-order valence-corrected chi connectivity index (χ3v) is 2.45. The Labute approximate surface area is 103 Å². The molecule has 0 atom stereocenters. The molecule has 0 N–H and O–H groups in total. The number of hydrogen-bond acceptors (Lipinski definition) is 2. The summed E-state index contributed by atoms with van der Waals surface area (Å²) >= 11 is 0. The van der Waals surface area contributed by atoms with E-state index in [4.69, 9.17) is 4.74 Å². The summed E-state index contributed by atoms with van der Waals surface area (Å²) in [5, 5.41) is 0. The molecule has 0 saturated carbocycles. The second-order valence-electron chi connectivity index (χ2n) is 5.04. The normalized spacial score (nSPS) is 11.8. The van der Waals surface area contributed by atoms with Crippen LogP contribution in [0.25, 0.3) is 6.08 Å². The van der Waals surface area contributed by atoms with Crippen molar-refractivity contribution < 1.29 is 9.53 Å². The fourth-order valence-electron chi connectivity index (χ4n) is 1.67. The van der Waals surface area contributed by atoms with Crippen LogP contribution >= 0.6 is 0 Å². The predicted molar refractivity (Wildman–Crippen MR) is 70.8 cm³/mol. The molecule has 2 heteroatoms. The largest absolute Gasteiger partial charge is 0.462 e. The molecule has 0 amide bonds. The summed E-state index contributed by atoms with van der Waals surface area (Å²) in [5.41, 5.74) is 2.58. The molecule has 0 aliphatic rings. The van der Waals surface area contributed by atoms with Gasteiger partial charge in [-0.15, -0.1) is 0 Å². The third kappa shape index (κ3) is 4.43. The topological polar surface area (TPSA) is 26.3 Å². The second-order valence-corrected chi connectivity index (χ2v) is 5.04. The highest BCUT2D eigenvalue weighted by molar-refractivity contribution is 5.66. The molecule has 0 aliphatic carbocycles. The highest BCUT2D eigenvalue weighted by Gasteiger charge is 2.15. The molecule has 0 saturated heterocycles. The van der Waals surface area contributed by atoms with Crippen molar-refractivity contribution in [1.82, 2.24) is 0 Å². The minimum atomic E-state index is -0.251. The van der Waals surface area contributed by atoms with Crippen molar-refractivity contribution in [3.05, 3.63) is 41.5 Å². The zero-order valence-electron chi connectivity index (χ0n) is 11.0. The summed E-state index contributed by atoms with van der Waals surface area (Å²) in [5.74, 6) is -0.251. The van der Waals surface area contributed by atoms with Crippen molar-refractivity contribution in [2.24, 2.45) is 0 Å². The van der Waals surface area contributed by atoms with E-state index in [2.05, 4.69) is 32.9 Å². The number of carbonyl (C=O) groups is 1. The Morgan fingerprint density at radius 3 is 2.53 bits per heavy atom. The highest BCUT2D eigenvalue weighted by Crippen LogP contribution is 2.26. The Kier molecular flexibility index (Phi) is 4.50. The Bertz CT molecular complexity index is 411. The number of ether oxygens (including phenoxy) is 1. The molecule has 1 aromatic carbocycles. The first-order valence-corrected chi connectivity index (χ1v) is 5.80. The van der Waals surface area contributed by atoms with E-state index in [1.165, 1.54) is 18.1 Å². The Balaban J connectivity index is 2.81. The Hall–Kier alpha value is -1.57. The summed E-state index contributed by atoms with van der Waals surface area (Å²) in [6.45, 7) is 8.30. The van der Waals surface area contributed by atoms with E-state index in [1.54, 1.807) is 0 Å². The minimum Gasteiger partial charge on any atom is -0.462 e. The molecule has 0 aliphatic heterocycles. The number of hydrogen-bond donors (Lipinski definition) is 0.